The van der Waals surface area contributed by atoms with Crippen LogP contribution in [0.25, 0.3) is 42.4 Å². The van der Waals surface area contributed by atoms with E-state index < -0.39 is 5.60 Å². The molecule has 2 aromatic heterocycles. The van der Waals surface area contributed by atoms with Crippen molar-refractivity contribution in [3.05, 3.63) is 172 Å². The quantitative estimate of drug-likeness (QED) is 0.142. The SMILES string of the molecule is CC(C)CCc1ccc2c(c1)-c1cc(CCC(C)C)ccc1C2(O)c1sccc1-c1ccc(N(c2ccccc2)c2ccc3sc4ccccc4c3c2)cc1. The maximum Gasteiger partial charge on any atom is 0.151 e. The molecular weight excluding hydrogens is 707 g/mol. The van der Waals surface area contributed by atoms with Crippen LogP contribution >= 0.6 is 22.7 Å². The number of anilines is 3. The van der Waals surface area contributed by atoms with E-state index >= 15 is 0 Å². The van der Waals surface area contributed by atoms with Crippen LogP contribution in [0.15, 0.2) is 145 Å². The van der Waals surface area contributed by atoms with Crippen LogP contribution in [0.1, 0.15) is 67.7 Å². The summed E-state index contributed by atoms with van der Waals surface area (Å²) in [7, 11) is 0. The Morgan fingerprint density at radius 2 is 1.13 bits per heavy atom. The zero-order chi connectivity index (χ0) is 37.7. The Morgan fingerprint density at radius 3 is 1.78 bits per heavy atom. The first-order valence-corrected chi connectivity index (χ1v) is 21.4. The van der Waals surface area contributed by atoms with Crippen LogP contribution in [0.4, 0.5) is 17.1 Å². The highest BCUT2D eigenvalue weighted by Gasteiger charge is 2.45. The van der Waals surface area contributed by atoms with Crippen molar-refractivity contribution in [2.45, 2.75) is 59.0 Å². The van der Waals surface area contributed by atoms with Crippen LogP contribution < -0.4 is 4.90 Å². The molecule has 4 heteroatoms. The highest BCUT2D eigenvalue weighted by molar-refractivity contribution is 7.25. The fraction of sp³-hybridized carbons (Fsp3) is 0.216. The smallest absolute Gasteiger partial charge is 0.151 e. The third-order valence-electron chi connectivity index (χ3n) is 11.3. The van der Waals surface area contributed by atoms with Crippen LogP contribution in [-0.4, -0.2) is 5.11 Å². The number of para-hydroxylation sites is 1. The van der Waals surface area contributed by atoms with Crippen LogP contribution in [0.2, 0.25) is 0 Å². The van der Waals surface area contributed by atoms with E-state index in [4.69, 9.17) is 0 Å². The van der Waals surface area contributed by atoms with Gasteiger partial charge in [-0.25, -0.2) is 0 Å². The molecule has 0 amide bonds. The molecule has 0 unspecified atom stereocenters. The first-order chi connectivity index (χ1) is 26.8. The lowest BCUT2D eigenvalue weighted by molar-refractivity contribution is 0.135. The molecule has 1 N–H and O–H groups in total. The molecule has 0 saturated carbocycles. The van der Waals surface area contributed by atoms with Gasteiger partial charge in [0.1, 0.15) is 0 Å². The normalized spacial score (nSPS) is 13.2. The lowest BCUT2D eigenvalue weighted by Crippen LogP contribution is -2.25. The highest BCUT2D eigenvalue weighted by atomic mass is 32.1. The van der Waals surface area contributed by atoms with Gasteiger partial charge in [-0.1, -0.05) is 113 Å². The maximum absolute atomic E-state index is 13.2. The predicted octanol–water partition coefficient (Wildman–Crippen LogP) is 14.7. The Hall–Kier alpha value is -5.00. The van der Waals surface area contributed by atoms with Gasteiger partial charge in [0.2, 0.25) is 0 Å². The summed E-state index contributed by atoms with van der Waals surface area (Å²) in [6, 6.07) is 50.8. The predicted molar refractivity (Wildman–Crippen MR) is 238 cm³/mol. The molecule has 6 aromatic carbocycles. The molecule has 9 rings (SSSR count). The standard InChI is InChI=1S/C51H47NOS2/c1-33(2)14-16-35-18-25-46-43(30-35)44-31-36(17-15-34(3)4)19-26-47(44)51(46,53)50-41(28-29-54-50)37-20-22-39(23-21-37)52(38-10-6-5-7-11-38)40-24-27-49-45(32-40)42-12-8-9-13-48(42)55-49/h5-13,18-34,53H,14-17H2,1-4H3. The van der Waals surface area contributed by atoms with Crippen molar-refractivity contribution in [3.63, 3.8) is 0 Å². The lowest BCUT2D eigenvalue weighted by Gasteiger charge is -2.27. The van der Waals surface area contributed by atoms with Crippen molar-refractivity contribution in [1.29, 1.82) is 0 Å². The highest BCUT2D eigenvalue weighted by Crippen LogP contribution is 2.55. The third kappa shape index (κ3) is 6.50. The second kappa shape index (κ2) is 14.6. The molecule has 0 spiro atoms. The summed E-state index contributed by atoms with van der Waals surface area (Å²) in [6.07, 6.45) is 4.38. The Labute approximate surface area is 333 Å². The number of thiophene rings is 2. The van der Waals surface area contributed by atoms with E-state index in [2.05, 4.69) is 178 Å². The molecule has 0 saturated heterocycles. The van der Waals surface area contributed by atoms with Gasteiger partial charge in [-0.2, -0.15) is 0 Å². The number of nitrogens with zero attached hydrogens (tertiary/aromatic N) is 1. The summed E-state index contributed by atoms with van der Waals surface area (Å²) in [4.78, 5) is 3.31. The minimum absolute atomic E-state index is 0.643. The van der Waals surface area contributed by atoms with Crippen molar-refractivity contribution in [1.82, 2.24) is 0 Å². The molecule has 0 aliphatic heterocycles. The number of hydrogen-bond acceptors (Lipinski definition) is 4. The van der Waals surface area contributed by atoms with E-state index in [1.165, 1.54) is 42.4 Å². The summed E-state index contributed by atoms with van der Waals surface area (Å²) in [5.74, 6) is 1.29. The number of benzene rings is 6. The molecule has 1 aliphatic rings. The lowest BCUT2D eigenvalue weighted by atomic mass is 9.85. The maximum atomic E-state index is 13.2. The first-order valence-electron chi connectivity index (χ1n) is 19.7. The second-order valence-corrected chi connectivity index (χ2v) is 18.0. The average Bonchev–Trinajstić information content (AvgIpc) is 3.91. The molecule has 2 nitrogen and oxygen atoms in total. The Morgan fingerprint density at radius 1 is 0.545 bits per heavy atom. The molecule has 0 atom stereocenters. The van der Waals surface area contributed by atoms with Gasteiger partial charge in [-0.3, -0.25) is 0 Å². The first kappa shape index (κ1) is 35.7. The molecule has 274 valence electrons. The molecule has 0 bridgehead atoms. The fourth-order valence-corrected chi connectivity index (χ4v) is 10.5. The summed E-state index contributed by atoms with van der Waals surface area (Å²) < 4.78 is 2.61. The van der Waals surface area contributed by atoms with Crippen LogP contribution in [0, 0.1) is 11.8 Å². The molecule has 1 aliphatic carbocycles. The van der Waals surface area contributed by atoms with Crippen molar-refractivity contribution < 1.29 is 5.11 Å². The molecule has 0 radical (unpaired) electrons. The second-order valence-electron chi connectivity index (χ2n) is 16.0. The van der Waals surface area contributed by atoms with E-state index in [1.54, 1.807) is 11.3 Å². The van der Waals surface area contributed by atoms with Gasteiger partial charge in [0, 0.05) is 48.4 Å². The number of aliphatic hydroxyl groups is 1. The van der Waals surface area contributed by atoms with E-state index in [0.29, 0.717) is 11.8 Å². The van der Waals surface area contributed by atoms with E-state index in [-0.39, 0.29) is 0 Å². The van der Waals surface area contributed by atoms with Crippen molar-refractivity contribution >= 4 is 59.9 Å². The van der Waals surface area contributed by atoms with Gasteiger partial charge < -0.3 is 10.0 Å². The van der Waals surface area contributed by atoms with Crippen molar-refractivity contribution in [3.8, 4) is 22.3 Å². The Bertz CT molecular complexity index is 2570. The summed E-state index contributed by atoms with van der Waals surface area (Å²) in [5.41, 5.74) is 11.3. The largest absolute Gasteiger partial charge is 0.375 e. The third-order valence-corrected chi connectivity index (χ3v) is 13.5. The molecule has 55 heavy (non-hydrogen) atoms. The Kier molecular flexibility index (Phi) is 9.46. The van der Waals surface area contributed by atoms with Crippen LogP contribution in [0.5, 0.6) is 0 Å². The molecular formula is C51H47NOS2. The van der Waals surface area contributed by atoms with Gasteiger partial charge in [-0.15, -0.1) is 22.7 Å². The number of hydrogen-bond donors (Lipinski definition) is 1. The summed E-state index contributed by atoms with van der Waals surface area (Å²) in [6.45, 7) is 9.16. The van der Waals surface area contributed by atoms with Crippen LogP contribution in [-0.2, 0) is 18.4 Å². The molecule has 2 heterocycles. The fourth-order valence-electron chi connectivity index (χ4n) is 8.36. The zero-order valence-electron chi connectivity index (χ0n) is 32.1. The Balaban J connectivity index is 1.12. The summed E-state index contributed by atoms with van der Waals surface area (Å²) >= 11 is 3.50. The van der Waals surface area contributed by atoms with Gasteiger partial charge >= 0.3 is 0 Å². The van der Waals surface area contributed by atoms with E-state index in [0.717, 1.165) is 69.9 Å². The number of fused-ring (bicyclic) bond motifs is 6. The zero-order valence-corrected chi connectivity index (χ0v) is 33.7. The average molecular weight is 754 g/mol. The minimum atomic E-state index is -1.24. The minimum Gasteiger partial charge on any atom is -0.375 e. The van der Waals surface area contributed by atoms with Crippen LogP contribution in [0.3, 0.4) is 0 Å². The number of aryl methyl sites for hydroxylation is 2. The molecule has 0 fully saturated rings. The van der Waals surface area contributed by atoms with Gasteiger partial charge in [0.05, 0.1) is 4.88 Å². The van der Waals surface area contributed by atoms with Gasteiger partial charge in [0.15, 0.2) is 5.60 Å². The number of rotatable bonds is 11. The van der Waals surface area contributed by atoms with Gasteiger partial charge in [0.25, 0.3) is 0 Å². The van der Waals surface area contributed by atoms with E-state index in [9.17, 15) is 5.11 Å². The van der Waals surface area contributed by atoms with Crippen molar-refractivity contribution in [2.75, 3.05) is 4.90 Å². The van der Waals surface area contributed by atoms with E-state index in [1.807, 2.05) is 11.3 Å². The summed E-state index contributed by atoms with van der Waals surface area (Å²) in [5, 5.41) is 17.9. The van der Waals surface area contributed by atoms with Gasteiger partial charge in [-0.05, 0) is 131 Å². The van der Waals surface area contributed by atoms with Crippen molar-refractivity contribution in [2.24, 2.45) is 11.8 Å². The topological polar surface area (TPSA) is 23.5 Å². The monoisotopic (exact) mass is 753 g/mol. The molecule has 8 aromatic rings.